The first-order chi connectivity index (χ1) is 15.9. The molecule has 1 heterocycles. The SMILES string of the molecule is COc1ccc2c(CNCc3ccc(F)cc3)c(C(=O)O)n(Cc3ccc(F)cc3Cl)c2c1. The fourth-order valence-corrected chi connectivity index (χ4v) is 4.10. The van der Waals surface area contributed by atoms with Crippen LogP contribution in [0.4, 0.5) is 8.78 Å². The highest BCUT2D eigenvalue weighted by molar-refractivity contribution is 6.31. The minimum Gasteiger partial charge on any atom is -0.497 e. The third-order valence-electron chi connectivity index (χ3n) is 5.47. The summed E-state index contributed by atoms with van der Waals surface area (Å²) in [5, 5.41) is 14.3. The van der Waals surface area contributed by atoms with Gasteiger partial charge in [-0.1, -0.05) is 29.8 Å². The minimum absolute atomic E-state index is 0.102. The van der Waals surface area contributed by atoms with Crippen molar-refractivity contribution >= 4 is 28.5 Å². The van der Waals surface area contributed by atoms with E-state index < -0.39 is 11.8 Å². The molecular formula is C25H21ClF2N2O3. The zero-order valence-corrected chi connectivity index (χ0v) is 18.5. The van der Waals surface area contributed by atoms with Crippen LogP contribution in [-0.4, -0.2) is 22.8 Å². The molecule has 0 spiro atoms. The number of hydrogen-bond acceptors (Lipinski definition) is 3. The van der Waals surface area contributed by atoms with Gasteiger partial charge in [0, 0.05) is 41.7 Å². The van der Waals surface area contributed by atoms with E-state index in [4.69, 9.17) is 16.3 Å². The highest BCUT2D eigenvalue weighted by atomic mass is 35.5. The third-order valence-corrected chi connectivity index (χ3v) is 5.82. The maximum Gasteiger partial charge on any atom is 0.352 e. The molecule has 0 aliphatic rings. The van der Waals surface area contributed by atoms with Gasteiger partial charge in [-0.2, -0.15) is 0 Å². The number of nitrogens with zero attached hydrogens (tertiary/aromatic N) is 1. The molecule has 4 aromatic rings. The summed E-state index contributed by atoms with van der Waals surface area (Å²) in [4.78, 5) is 12.4. The molecule has 0 radical (unpaired) electrons. The molecular weight excluding hydrogens is 450 g/mol. The molecule has 0 unspecified atom stereocenters. The van der Waals surface area contributed by atoms with E-state index >= 15 is 0 Å². The number of carboxylic acids is 1. The van der Waals surface area contributed by atoms with Gasteiger partial charge in [0.15, 0.2) is 0 Å². The average Bonchev–Trinajstić information content (AvgIpc) is 3.09. The lowest BCUT2D eigenvalue weighted by Crippen LogP contribution is -2.17. The molecule has 1 aromatic heterocycles. The summed E-state index contributed by atoms with van der Waals surface area (Å²) < 4.78 is 33.7. The van der Waals surface area contributed by atoms with Gasteiger partial charge in [-0.3, -0.25) is 0 Å². The van der Waals surface area contributed by atoms with Crippen LogP contribution in [0, 0.1) is 11.6 Å². The Balaban J connectivity index is 1.75. The van der Waals surface area contributed by atoms with Crippen molar-refractivity contribution < 1.29 is 23.4 Å². The molecule has 0 bridgehead atoms. The molecule has 0 aliphatic carbocycles. The van der Waals surface area contributed by atoms with Crippen LogP contribution in [0.2, 0.25) is 5.02 Å². The smallest absolute Gasteiger partial charge is 0.352 e. The van der Waals surface area contributed by atoms with Gasteiger partial charge >= 0.3 is 5.97 Å². The summed E-state index contributed by atoms with van der Waals surface area (Å²) in [6, 6.07) is 15.5. The number of nitrogens with one attached hydrogen (secondary N) is 1. The molecule has 0 amide bonds. The number of methoxy groups -OCH3 is 1. The molecule has 5 nitrogen and oxygen atoms in total. The summed E-state index contributed by atoms with van der Waals surface area (Å²) in [5.74, 6) is -1.30. The Labute approximate surface area is 194 Å². The monoisotopic (exact) mass is 470 g/mol. The molecule has 33 heavy (non-hydrogen) atoms. The van der Waals surface area contributed by atoms with Gasteiger partial charge in [-0.25, -0.2) is 13.6 Å². The van der Waals surface area contributed by atoms with E-state index in [0.29, 0.717) is 28.9 Å². The van der Waals surface area contributed by atoms with Crippen molar-refractivity contribution in [1.29, 1.82) is 0 Å². The molecule has 170 valence electrons. The second-order valence-electron chi connectivity index (χ2n) is 7.57. The summed E-state index contributed by atoms with van der Waals surface area (Å²) in [7, 11) is 1.54. The van der Waals surface area contributed by atoms with Gasteiger partial charge in [0.05, 0.1) is 12.6 Å². The fraction of sp³-hybridized carbons (Fsp3) is 0.160. The van der Waals surface area contributed by atoms with Crippen LogP contribution < -0.4 is 10.1 Å². The quantitative estimate of drug-likeness (QED) is 0.351. The number of ether oxygens (including phenoxy) is 1. The highest BCUT2D eigenvalue weighted by Crippen LogP contribution is 2.32. The van der Waals surface area contributed by atoms with Crippen LogP contribution in [0.5, 0.6) is 5.75 Å². The number of aromatic carboxylic acids is 1. The zero-order valence-electron chi connectivity index (χ0n) is 17.7. The van der Waals surface area contributed by atoms with Crippen LogP contribution in [0.1, 0.15) is 27.2 Å². The van der Waals surface area contributed by atoms with Crippen molar-refractivity contribution in [3.8, 4) is 5.75 Å². The summed E-state index contributed by atoms with van der Waals surface area (Å²) >= 11 is 6.23. The van der Waals surface area contributed by atoms with Crippen LogP contribution >= 0.6 is 11.6 Å². The molecule has 0 aliphatic heterocycles. The number of halogens is 3. The topological polar surface area (TPSA) is 63.5 Å². The summed E-state index contributed by atoms with van der Waals surface area (Å²) in [6.07, 6.45) is 0. The Morgan fingerprint density at radius 3 is 2.42 bits per heavy atom. The molecule has 2 N–H and O–H groups in total. The van der Waals surface area contributed by atoms with E-state index in [-0.39, 0.29) is 29.6 Å². The number of carbonyl (C=O) groups is 1. The lowest BCUT2D eigenvalue weighted by Gasteiger charge is -2.12. The number of carboxylic acid groups (broad SMARTS) is 1. The fourth-order valence-electron chi connectivity index (χ4n) is 3.87. The summed E-state index contributed by atoms with van der Waals surface area (Å²) in [5.41, 5.74) is 2.82. The maximum absolute atomic E-state index is 13.5. The van der Waals surface area contributed by atoms with Crippen LogP contribution in [0.25, 0.3) is 10.9 Å². The Bertz CT molecular complexity index is 1320. The Morgan fingerprint density at radius 1 is 1.03 bits per heavy atom. The van der Waals surface area contributed by atoms with Crippen LogP contribution in [0.3, 0.4) is 0 Å². The normalized spacial score (nSPS) is 11.2. The number of fused-ring (bicyclic) bond motifs is 1. The third kappa shape index (κ3) is 4.84. The van der Waals surface area contributed by atoms with Gasteiger partial charge in [-0.05, 0) is 47.5 Å². The first-order valence-corrected chi connectivity index (χ1v) is 10.6. The van der Waals surface area contributed by atoms with E-state index in [1.54, 1.807) is 34.9 Å². The first-order valence-electron chi connectivity index (χ1n) is 10.2. The lowest BCUT2D eigenvalue weighted by molar-refractivity contribution is 0.0684. The zero-order chi connectivity index (χ0) is 23.5. The minimum atomic E-state index is -1.10. The average molecular weight is 471 g/mol. The number of hydrogen-bond donors (Lipinski definition) is 2. The Hall–Kier alpha value is -3.42. The second kappa shape index (κ2) is 9.60. The van der Waals surface area contributed by atoms with Crippen molar-refractivity contribution in [3.63, 3.8) is 0 Å². The maximum atomic E-state index is 13.5. The standard InChI is InChI=1S/C25H21ClF2N2O3/c1-33-19-8-9-20-21(13-29-12-15-2-5-17(27)6-3-15)24(25(31)32)30(23(20)11-19)14-16-4-7-18(28)10-22(16)26/h2-11,29H,12-14H2,1H3,(H,31,32). The van der Waals surface area contributed by atoms with Crippen molar-refractivity contribution in [2.75, 3.05) is 7.11 Å². The van der Waals surface area contributed by atoms with Gasteiger partial charge in [-0.15, -0.1) is 0 Å². The largest absolute Gasteiger partial charge is 0.497 e. The molecule has 8 heteroatoms. The molecule has 0 saturated heterocycles. The molecule has 3 aromatic carbocycles. The predicted molar refractivity (Wildman–Crippen MR) is 123 cm³/mol. The van der Waals surface area contributed by atoms with Crippen molar-refractivity contribution in [1.82, 2.24) is 9.88 Å². The molecule has 0 fully saturated rings. The predicted octanol–water partition coefficient (Wildman–Crippen LogP) is 5.62. The first kappa shape index (κ1) is 22.8. The Kier molecular flexibility index (Phi) is 6.62. The van der Waals surface area contributed by atoms with Crippen LogP contribution in [-0.2, 0) is 19.6 Å². The Morgan fingerprint density at radius 2 is 1.76 bits per heavy atom. The molecule has 0 atom stereocenters. The van der Waals surface area contributed by atoms with E-state index in [0.717, 1.165) is 10.9 Å². The van der Waals surface area contributed by atoms with Crippen molar-refractivity contribution in [2.24, 2.45) is 0 Å². The molecule has 4 rings (SSSR count). The number of aromatic nitrogens is 1. The van der Waals surface area contributed by atoms with Gasteiger partial charge in [0.1, 0.15) is 23.1 Å². The van der Waals surface area contributed by atoms with Crippen molar-refractivity contribution in [3.05, 3.63) is 99.7 Å². The lowest BCUT2D eigenvalue weighted by atomic mass is 10.1. The van der Waals surface area contributed by atoms with Crippen molar-refractivity contribution in [2.45, 2.75) is 19.6 Å². The van der Waals surface area contributed by atoms with Gasteiger partial charge in [0.2, 0.25) is 0 Å². The highest BCUT2D eigenvalue weighted by Gasteiger charge is 2.23. The number of benzene rings is 3. The number of rotatable bonds is 8. The van der Waals surface area contributed by atoms with E-state index in [1.807, 2.05) is 6.07 Å². The van der Waals surface area contributed by atoms with E-state index in [9.17, 15) is 18.7 Å². The molecule has 0 saturated carbocycles. The van der Waals surface area contributed by atoms with Gasteiger partial charge < -0.3 is 19.7 Å². The van der Waals surface area contributed by atoms with Crippen LogP contribution in [0.15, 0.2) is 60.7 Å². The van der Waals surface area contributed by atoms with E-state index in [1.165, 1.54) is 31.4 Å². The summed E-state index contributed by atoms with van der Waals surface area (Å²) in [6.45, 7) is 0.848. The second-order valence-corrected chi connectivity index (χ2v) is 7.97. The van der Waals surface area contributed by atoms with E-state index in [2.05, 4.69) is 5.32 Å². The van der Waals surface area contributed by atoms with Gasteiger partial charge in [0.25, 0.3) is 0 Å².